The molecule has 1 aromatic carbocycles. The van der Waals surface area contributed by atoms with Gasteiger partial charge in [0.2, 0.25) is 0 Å². The second-order valence-electron chi connectivity index (χ2n) is 6.82. The summed E-state index contributed by atoms with van der Waals surface area (Å²) in [5.74, 6) is -3.45. The Kier molecular flexibility index (Phi) is 5.91. The minimum atomic E-state index is -1.09. The lowest BCUT2D eigenvalue weighted by atomic mass is 9.92. The maximum Gasteiger partial charge on any atom is 0.280 e. The number of halogens is 3. The number of rotatable bonds is 4. The van der Waals surface area contributed by atoms with E-state index in [9.17, 15) is 18.0 Å². The second-order valence-corrected chi connectivity index (χ2v) is 6.82. The molecule has 27 heavy (non-hydrogen) atoms. The molecule has 142 valence electrons. The standard InChI is InChI=1S/C21H21F3N2O/c1-6-8-17(24)19(16(23)7-2)20(27)26-21(4,5)12-18(25-26)15-11-14(22)10-9-13(15)3/h7-11H,1,12H2,2-5H3/b16-7+,19-17-. The summed E-state index contributed by atoms with van der Waals surface area (Å²) in [5.41, 5.74) is 2.42. The second kappa shape index (κ2) is 7.80. The number of allylic oxidation sites excluding steroid dienone is 3. The lowest BCUT2D eigenvalue weighted by Gasteiger charge is -2.29. The molecule has 1 heterocycles. The number of amides is 1. The Morgan fingerprint density at radius 1 is 1.37 bits per heavy atom. The zero-order valence-corrected chi connectivity index (χ0v) is 15.7. The molecule has 0 bridgehead atoms. The van der Waals surface area contributed by atoms with E-state index >= 15 is 0 Å². The van der Waals surface area contributed by atoms with Gasteiger partial charge in [-0.2, -0.15) is 5.10 Å². The summed E-state index contributed by atoms with van der Waals surface area (Å²) >= 11 is 0. The van der Waals surface area contributed by atoms with Crippen LogP contribution in [0.5, 0.6) is 0 Å². The van der Waals surface area contributed by atoms with Crippen molar-refractivity contribution < 1.29 is 18.0 Å². The number of carbonyl (C=O) groups excluding carboxylic acids is 1. The molecule has 0 atom stereocenters. The van der Waals surface area contributed by atoms with Gasteiger partial charge in [0.05, 0.1) is 11.3 Å². The minimum absolute atomic E-state index is 0.312. The quantitative estimate of drug-likeness (QED) is 0.401. The summed E-state index contributed by atoms with van der Waals surface area (Å²) in [6.45, 7) is 9.84. The average Bonchev–Trinajstić information content (AvgIpc) is 2.92. The molecule has 0 radical (unpaired) electrons. The van der Waals surface area contributed by atoms with Crippen molar-refractivity contribution in [3.8, 4) is 0 Å². The summed E-state index contributed by atoms with van der Waals surface area (Å²) in [6.07, 6.45) is 2.10. The third-order valence-electron chi connectivity index (χ3n) is 4.27. The number of hydrogen-bond acceptors (Lipinski definition) is 2. The third kappa shape index (κ3) is 4.12. The van der Waals surface area contributed by atoms with Crippen molar-refractivity contribution in [2.45, 2.75) is 39.7 Å². The van der Waals surface area contributed by atoms with Gasteiger partial charge in [0.15, 0.2) is 0 Å². The Hall–Kier alpha value is -2.85. The molecular formula is C21H21F3N2O. The van der Waals surface area contributed by atoms with Crippen LogP contribution in [0.3, 0.4) is 0 Å². The van der Waals surface area contributed by atoms with Crippen LogP contribution in [0, 0.1) is 12.7 Å². The van der Waals surface area contributed by atoms with Crippen LogP contribution in [-0.4, -0.2) is 22.2 Å². The SMILES string of the molecule is C=C=C/C(F)=C(C(=O)N1N=C(c2cc(F)ccc2C)CC1(C)C)\C(F)=C/C. The highest BCUT2D eigenvalue weighted by Gasteiger charge is 2.41. The topological polar surface area (TPSA) is 32.7 Å². The van der Waals surface area contributed by atoms with Crippen LogP contribution in [0.1, 0.15) is 38.3 Å². The van der Waals surface area contributed by atoms with E-state index < -0.39 is 34.5 Å². The Morgan fingerprint density at radius 3 is 2.63 bits per heavy atom. The summed E-state index contributed by atoms with van der Waals surface area (Å²) in [7, 11) is 0. The molecule has 0 aliphatic carbocycles. The molecule has 0 saturated heterocycles. The molecule has 1 aliphatic rings. The van der Waals surface area contributed by atoms with Crippen molar-refractivity contribution in [2.24, 2.45) is 5.10 Å². The van der Waals surface area contributed by atoms with Crippen LogP contribution in [0.15, 0.2) is 65.0 Å². The van der Waals surface area contributed by atoms with Gasteiger partial charge < -0.3 is 0 Å². The molecule has 3 nitrogen and oxygen atoms in total. The lowest BCUT2D eigenvalue weighted by Crippen LogP contribution is -2.41. The number of hydrazone groups is 1. The molecule has 0 fully saturated rings. The van der Waals surface area contributed by atoms with Crippen LogP contribution in [0.4, 0.5) is 13.2 Å². The van der Waals surface area contributed by atoms with Gasteiger partial charge in [-0.15, -0.1) is 5.73 Å². The summed E-state index contributed by atoms with van der Waals surface area (Å²) in [4.78, 5) is 12.9. The highest BCUT2D eigenvalue weighted by Crippen LogP contribution is 2.34. The van der Waals surface area contributed by atoms with Crippen molar-refractivity contribution in [3.63, 3.8) is 0 Å². The van der Waals surface area contributed by atoms with E-state index in [1.807, 2.05) is 0 Å². The van der Waals surface area contributed by atoms with Crippen LogP contribution in [-0.2, 0) is 4.79 Å². The van der Waals surface area contributed by atoms with Gasteiger partial charge in [0.25, 0.3) is 5.91 Å². The number of nitrogens with zero attached hydrogens (tertiary/aromatic N) is 2. The predicted molar refractivity (Wildman–Crippen MR) is 99.9 cm³/mol. The maximum atomic E-state index is 14.3. The maximum absolute atomic E-state index is 14.3. The highest BCUT2D eigenvalue weighted by molar-refractivity contribution is 6.07. The fraction of sp³-hybridized carbons (Fsp3) is 0.286. The first kappa shape index (κ1) is 20.5. The predicted octanol–water partition coefficient (Wildman–Crippen LogP) is 5.29. The summed E-state index contributed by atoms with van der Waals surface area (Å²) < 4.78 is 42.2. The number of benzene rings is 1. The molecular weight excluding hydrogens is 353 g/mol. The lowest BCUT2D eigenvalue weighted by molar-refractivity contribution is -0.131. The average molecular weight is 374 g/mol. The van der Waals surface area contributed by atoms with E-state index in [0.29, 0.717) is 17.7 Å². The van der Waals surface area contributed by atoms with Gasteiger partial charge in [-0.3, -0.25) is 4.79 Å². The van der Waals surface area contributed by atoms with Crippen molar-refractivity contribution in [2.75, 3.05) is 0 Å². The monoisotopic (exact) mass is 374 g/mol. The van der Waals surface area contributed by atoms with Gasteiger partial charge in [0, 0.05) is 18.1 Å². The molecule has 0 saturated carbocycles. The smallest absolute Gasteiger partial charge is 0.267 e. The van der Waals surface area contributed by atoms with Crippen LogP contribution >= 0.6 is 0 Å². The van der Waals surface area contributed by atoms with Gasteiger partial charge in [0.1, 0.15) is 23.0 Å². The van der Waals surface area contributed by atoms with Crippen molar-refractivity contribution >= 4 is 11.6 Å². The fourth-order valence-electron chi connectivity index (χ4n) is 2.88. The molecule has 0 aromatic heterocycles. The Labute approximate surface area is 156 Å². The molecule has 6 heteroatoms. The largest absolute Gasteiger partial charge is 0.280 e. The third-order valence-corrected chi connectivity index (χ3v) is 4.27. The van der Waals surface area contributed by atoms with Crippen molar-refractivity contribution in [3.05, 3.63) is 76.8 Å². The highest BCUT2D eigenvalue weighted by atomic mass is 19.1. The van der Waals surface area contributed by atoms with Gasteiger partial charge in [-0.05, 0) is 45.4 Å². The summed E-state index contributed by atoms with van der Waals surface area (Å²) in [6, 6.07) is 4.29. The zero-order valence-electron chi connectivity index (χ0n) is 15.7. The van der Waals surface area contributed by atoms with Gasteiger partial charge in [-0.25, -0.2) is 18.2 Å². The van der Waals surface area contributed by atoms with Gasteiger partial charge in [-0.1, -0.05) is 18.7 Å². The first-order chi connectivity index (χ1) is 12.6. The van der Waals surface area contributed by atoms with E-state index in [0.717, 1.165) is 22.7 Å². The van der Waals surface area contributed by atoms with Crippen molar-refractivity contribution in [1.29, 1.82) is 0 Å². The molecule has 1 aromatic rings. The molecule has 0 spiro atoms. The number of hydrogen-bond donors (Lipinski definition) is 0. The first-order valence-corrected chi connectivity index (χ1v) is 8.38. The first-order valence-electron chi connectivity index (χ1n) is 8.38. The van der Waals surface area contributed by atoms with Crippen LogP contribution in [0.25, 0.3) is 0 Å². The van der Waals surface area contributed by atoms with Crippen molar-refractivity contribution in [1.82, 2.24) is 5.01 Å². The molecule has 1 aliphatic heterocycles. The molecule has 0 N–H and O–H groups in total. The van der Waals surface area contributed by atoms with Crippen LogP contribution < -0.4 is 0 Å². The zero-order chi connectivity index (χ0) is 20.4. The Bertz CT molecular complexity index is 919. The van der Waals surface area contributed by atoms with Gasteiger partial charge >= 0.3 is 0 Å². The minimum Gasteiger partial charge on any atom is -0.267 e. The molecule has 0 unspecified atom stereocenters. The number of carbonyl (C=O) groups is 1. The summed E-state index contributed by atoms with van der Waals surface area (Å²) in [5, 5.41) is 5.33. The molecule has 1 amide bonds. The van der Waals surface area contributed by atoms with E-state index in [2.05, 4.69) is 17.4 Å². The fourth-order valence-corrected chi connectivity index (χ4v) is 2.88. The Morgan fingerprint density at radius 2 is 2.04 bits per heavy atom. The van der Waals surface area contributed by atoms with E-state index in [4.69, 9.17) is 0 Å². The number of aryl methyl sites for hydroxylation is 1. The molecule has 2 rings (SSSR count). The van der Waals surface area contributed by atoms with E-state index in [1.54, 1.807) is 26.8 Å². The normalized spacial score (nSPS) is 17.2. The van der Waals surface area contributed by atoms with Crippen LogP contribution in [0.2, 0.25) is 0 Å². The van der Waals surface area contributed by atoms with E-state index in [1.165, 1.54) is 19.1 Å². The Balaban J connectivity index is 2.56. The van der Waals surface area contributed by atoms with E-state index in [-0.39, 0.29) is 0 Å².